The first kappa shape index (κ1) is 21.8. The van der Waals surface area contributed by atoms with E-state index in [1.54, 1.807) is 17.0 Å². The van der Waals surface area contributed by atoms with Gasteiger partial charge in [0.1, 0.15) is 29.0 Å². The lowest BCUT2D eigenvalue weighted by atomic mass is 9.77. The number of likely N-dealkylation sites (tertiary alicyclic amines) is 1. The average Bonchev–Trinajstić information content (AvgIpc) is 3.13. The number of fused-ring (bicyclic) bond motifs is 1. The largest absolute Gasteiger partial charge is 0.380 e. The summed E-state index contributed by atoms with van der Waals surface area (Å²) in [6, 6.07) is 5.52. The molecule has 2 aromatic heterocycles. The molecule has 3 aromatic rings. The van der Waals surface area contributed by atoms with Crippen molar-refractivity contribution in [2.75, 3.05) is 33.4 Å². The molecule has 2 amide bonds. The van der Waals surface area contributed by atoms with Crippen molar-refractivity contribution in [1.29, 1.82) is 0 Å². The van der Waals surface area contributed by atoms with Crippen LogP contribution in [0.5, 0.6) is 0 Å². The van der Waals surface area contributed by atoms with Gasteiger partial charge in [-0.05, 0) is 23.8 Å². The smallest absolute Gasteiger partial charge is 0.270 e. The van der Waals surface area contributed by atoms with Gasteiger partial charge in [-0.3, -0.25) is 9.59 Å². The highest BCUT2D eigenvalue weighted by Crippen LogP contribution is 2.38. The van der Waals surface area contributed by atoms with E-state index in [9.17, 15) is 18.4 Å². The zero-order valence-corrected chi connectivity index (χ0v) is 18.5. The van der Waals surface area contributed by atoms with Crippen LogP contribution in [-0.4, -0.2) is 71.0 Å². The van der Waals surface area contributed by atoms with E-state index < -0.39 is 23.6 Å². The molecule has 33 heavy (non-hydrogen) atoms. The molecule has 172 valence electrons. The molecule has 10 heteroatoms. The lowest BCUT2D eigenvalue weighted by molar-refractivity contribution is -0.197. The average molecular weight is 475 g/mol. The highest BCUT2D eigenvalue weighted by atomic mass is 35.5. The van der Waals surface area contributed by atoms with Gasteiger partial charge in [0.05, 0.1) is 23.7 Å². The van der Waals surface area contributed by atoms with Crippen LogP contribution in [0.4, 0.5) is 8.78 Å². The molecule has 2 fully saturated rings. The molecule has 0 radical (unpaired) electrons. The molecule has 0 bridgehead atoms. The standard InChI is InChI=1S/C23H21ClF2N4O3/c1-29(21(31)18-5-14-4-15(24)8-27-20(14)28-18)19(6-13-2-3-16(25)7-17(13)26)22(32)30-9-23(10-30)11-33-12-23/h2-5,7-8,19H,6,9-12H2,1H3,(H,27,28). The van der Waals surface area contributed by atoms with Crippen molar-refractivity contribution in [3.8, 4) is 0 Å². The molecule has 1 N–H and O–H groups in total. The van der Waals surface area contributed by atoms with Gasteiger partial charge < -0.3 is 19.5 Å². The number of aromatic amines is 1. The molecule has 2 saturated heterocycles. The number of amides is 2. The van der Waals surface area contributed by atoms with Crippen LogP contribution < -0.4 is 0 Å². The Morgan fingerprint density at radius 2 is 2.03 bits per heavy atom. The van der Waals surface area contributed by atoms with E-state index in [0.717, 1.165) is 12.1 Å². The molecule has 1 atom stereocenters. The van der Waals surface area contributed by atoms with Gasteiger partial charge in [0.2, 0.25) is 5.91 Å². The van der Waals surface area contributed by atoms with Gasteiger partial charge in [-0.25, -0.2) is 13.8 Å². The van der Waals surface area contributed by atoms with E-state index in [0.29, 0.717) is 42.4 Å². The van der Waals surface area contributed by atoms with Gasteiger partial charge in [-0.15, -0.1) is 0 Å². The van der Waals surface area contributed by atoms with E-state index in [-0.39, 0.29) is 29.0 Å². The second-order valence-electron chi connectivity index (χ2n) is 8.83. The van der Waals surface area contributed by atoms with E-state index >= 15 is 0 Å². The van der Waals surface area contributed by atoms with Gasteiger partial charge in [0, 0.05) is 44.2 Å². The summed E-state index contributed by atoms with van der Waals surface area (Å²) in [4.78, 5) is 36.7. The molecule has 4 heterocycles. The van der Waals surface area contributed by atoms with Crippen LogP contribution in [-0.2, 0) is 16.0 Å². The molecule has 0 saturated carbocycles. The minimum atomic E-state index is -0.973. The van der Waals surface area contributed by atoms with Crippen molar-refractivity contribution in [3.63, 3.8) is 0 Å². The van der Waals surface area contributed by atoms with Crippen LogP contribution in [0.25, 0.3) is 11.0 Å². The van der Waals surface area contributed by atoms with Crippen molar-refractivity contribution in [2.24, 2.45) is 5.41 Å². The number of carbonyl (C=O) groups excluding carboxylic acids is 2. The van der Waals surface area contributed by atoms with Crippen molar-refractivity contribution >= 4 is 34.4 Å². The van der Waals surface area contributed by atoms with Crippen LogP contribution in [0, 0.1) is 17.0 Å². The third-order valence-corrected chi connectivity index (χ3v) is 6.56. The third kappa shape index (κ3) is 3.95. The quantitative estimate of drug-likeness (QED) is 0.616. The summed E-state index contributed by atoms with van der Waals surface area (Å²) in [6.45, 7) is 2.27. The Morgan fingerprint density at radius 1 is 1.27 bits per heavy atom. The number of benzene rings is 1. The fourth-order valence-electron chi connectivity index (χ4n) is 4.42. The first-order valence-corrected chi connectivity index (χ1v) is 10.8. The SMILES string of the molecule is CN(C(=O)c1cc2cc(Cl)cnc2[nH]1)C(Cc1ccc(F)cc1F)C(=O)N1CC2(COC2)C1. The van der Waals surface area contributed by atoms with Gasteiger partial charge in [-0.2, -0.15) is 0 Å². The summed E-state index contributed by atoms with van der Waals surface area (Å²) in [6.07, 6.45) is 1.38. The highest BCUT2D eigenvalue weighted by molar-refractivity contribution is 6.31. The van der Waals surface area contributed by atoms with Crippen molar-refractivity contribution in [3.05, 3.63) is 64.4 Å². The second-order valence-corrected chi connectivity index (χ2v) is 9.27. The molecule has 5 rings (SSSR count). The number of hydrogen-bond donors (Lipinski definition) is 1. The van der Waals surface area contributed by atoms with Crippen LogP contribution in [0.1, 0.15) is 16.1 Å². The highest BCUT2D eigenvalue weighted by Gasteiger charge is 2.52. The van der Waals surface area contributed by atoms with Crippen molar-refractivity contribution < 1.29 is 23.1 Å². The molecular weight excluding hydrogens is 454 g/mol. The third-order valence-electron chi connectivity index (χ3n) is 6.35. The van der Waals surface area contributed by atoms with Crippen LogP contribution in [0.15, 0.2) is 36.5 Å². The van der Waals surface area contributed by atoms with Crippen molar-refractivity contribution in [2.45, 2.75) is 12.5 Å². The maximum atomic E-state index is 14.4. The molecule has 2 aliphatic rings. The Balaban J connectivity index is 1.42. The minimum Gasteiger partial charge on any atom is -0.380 e. The first-order chi connectivity index (χ1) is 15.7. The van der Waals surface area contributed by atoms with Gasteiger partial charge in [0.15, 0.2) is 0 Å². The minimum absolute atomic E-state index is 0.00790. The summed E-state index contributed by atoms with van der Waals surface area (Å²) < 4.78 is 33.1. The number of likely N-dealkylation sites (N-methyl/N-ethyl adjacent to an activating group) is 1. The summed E-state index contributed by atoms with van der Waals surface area (Å²) in [5.41, 5.74) is 0.860. The zero-order chi connectivity index (χ0) is 23.3. The number of pyridine rings is 1. The normalized spacial score (nSPS) is 17.5. The monoisotopic (exact) mass is 474 g/mol. The molecule has 0 aliphatic carbocycles. The summed E-state index contributed by atoms with van der Waals surface area (Å²) in [5.74, 6) is -2.20. The number of nitrogens with one attached hydrogen (secondary N) is 1. The predicted molar refractivity (Wildman–Crippen MR) is 117 cm³/mol. The van der Waals surface area contributed by atoms with Crippen LogP contribution >= 0.6 is 11.6 Å². The fourth-order valence-corrected chi connectivity index (χ4v) is 4.59. The second kappa shape index (κ2) is 8.07. The molecule has 1 aromatic carbocycles. The molecule has 7 nitrogen and oxygen atoms in total. The maximum absolute atomic E-state index is 14.4. The van der Waals surface area contributed by atoms with E-state index in [1.165, 1.54) is 24.2 Å². The predicted octanol–water partition coefficient (Wildman–Crippen LogP) is 3.04. The van der Waals surface area contributed by atoms with Gasteiger partial charge in [0.25, 0.3) is 5.91 Å². The maximum Gasteiger partial charge on any atom is 0.270 e. The Bertz CT molecular complexity index is 1250. The van der Waals surface area contributed by atoms with Crippen LogP contribution in [0.2, 0.25) is 5.02 Å². The number of halogens is 3. The number of aromatic nitrogens is 2. The molecule has 1 unspecified atom stereocenters. The number of rotatable bonds is 5. The summed E-state index contributed by atoms with van der Waals surface area (Å²) >= 11 is 5.98. The Kier molecular flexibility index (Phi) is 5.33. The van der Waals surface area contributed by atoms with E-state index in [1.807, 2.05) is 0 Å². The topological polar surface area (TPSA) is 78.5 Å². The Labute approximate surface area is 193 Å². The first-order valence-electron chi connectivity index (χ1n) is 10.5. The number of H-pyrrole nitrogens is 1. The van der Waals surface area contributed by atoms with E-state index in [4.69, 9.17) is 16.3 Å². The number of ether oxygens (including phenoxy) is 1. The molecular formula is C23H21ClF2N4O3. The van der Waals surface area contributed by atoms with Crippen LogP contribution in [0.3, 0.4) is 0 Å². The van der Waals surface area contributed by atoms with Crippen molar-refractivity contribution in [1.82, 2.24) is 19.8 Å². The van der Waals surface area contributed by atoms with Gasteiger partial charge >= 0.3 is 0 Å². The number of nitrogens with zero attached hydrogens (tertiary/aromatic N) is 3. The fraction of sp³-hybridized carbons (Fsp3) is 0.348. The Hall–Kier alpha value is -3.04. The Morgan fingerprint density at radius 3 is 2.70 bits per heavy atom. The zero-order valence-electron chi connectivity index (χ0n) is 17.8. The lowest BCUT2D eigenvalue weighted by Gasteiger charge is -2.55. The molecule has 2 aliphatic heterocycles. The number of hydrogen-bond acceptors (Lipinski definition) is 4. The summed E-state index contributed by atoms with van der Waals surface area (Å²) in [5, 5.41) is 1.08. The lowest BCUT2D eigenvalue weighted by Crippen LogP contribution is -2.69. The van der Waals surface area contributed by atoms with E-state index in [2.05, 4.69) is 9.97 Å². The van der Waals surface area contributed by atoms with Gasteiger partial charge in [-0.1, -0.05) is 17.7 Å². The molecule has 1 spiro atoms. The number of carbonyl (C=O) groups is 2. The summed E-state index contributed by atoms with van der Waals surface area (Å²) in [7, 11) is 1.50.